The monoisotopic (exact) mass is 254 g/mol. The Morgan fingerprint density at radius 1 is 1.16 bits per heavy atom. The van der Waals surface area contributed by atoms with Crippen LogP contribution in [-0.4, -0.2) is 16.7 Å². The van der Waals surface area contributed by atoms with Crippen LogP contribution >= 0.6 is 0 Å². The molecule has 98 valence electrons. The van der Waals surface area contributed by atoms with Crippen molar-refractivity contribution in [2.45, 2.75) is 27.2 Å². The van der Waals surface area contributed by atoms with Crippen LogP contribution in [-0.2, 0) is 6.42 Å². The van der Waals surface area contributed by atoms with Gasteiger partial charge in [-0.2, -0.15) is 4.98 Å². The number of hydrogen-bond donors (Lipinski definition) is 1. The highest BCUT2D eigenvalue weighted by Gasteiger charge is 2.14. The molecule has 19 heavy (non-hydrogen) atoms. The number of aryl methyl sites for hydroxylation is 3. The molecule has 2 aromatic rings. The van der Waals surface area contributed by atoms with Gasteiger partial charge in [-0.15, -0.1) is 0 Å². The lowest BCUT2D eigenvalue weighted by molar-refractivity contribution is 1.01. The third-order valence-corrected chi connectivity index (χ3v) is 2.98. The Bertz CT molecular complexity index is 612. The lowest BCUT2D eigenvalue weighted by Crippen LogP contribution is -2.02. The number of aliphatic imine (C=N–C) groups is 1. The predicted molar refractivity (Wildman–Crippen MR) is 79.9 cm³/mol. The fraction of sp³-hybridized carbons (Fsp3) is 0.267. The van der Waals surface area contributed by atoms with E-state index in [0.29, 0.717) is 5.82 Å². The largest absolute Gasteiger partial charge is 0.368 e. The highest BCUT2D eigenvalue weighted by Crippen LogP contribution is 2.33. The van der Waals surface area contributed by atoms with E-state index in [1.807, 2.05) is 6.92 Å². The molecule has 0 bridgehead atoms. The van der Waals surface area contributed by atoms with Crippen LogP contribution in [0.15, 0.2) is 23.2 Å². The smallest absolute Gasteiger partial charge is 0.222 e. The van der Waals surface area contributed by atoms with Crippen molar-refractivity contribution < 1.29 is 0 Å². The highest BCUT2D eigenvalue weighted by atomic mass is 15.1. The van der Waals surface area contributed by atoms with Crippen molar-refractivity contribution in [1.82, 2.24) is 9.97 Å². The molecule has 0 atom stereocenters. The predicted octanol–water partition coefficient (Wildman–Crippen LogP) is 3.24. The molecule has 0 fully saturated rings. The number of rotatable bonds is 3. The molecule has 1 aromatic carbocycles. The molecule has 0 spiro atoms. The molecule has 0 saturated heterocycles. The van der Waals surface area contributed by atoms with Crippen molar-refractivity contribution in [3.05, 3.63) is 35.0 Å². The lowest BCUT2D eigenvalue weighted by Gasteiger charge is -2.12. The van der Waals surface area contributed by atoms with E-state index >= 15 is 0 Å². The normalized spacial score (nSPS) is 10.5. The summed E-state index contributed by atoms with van der Waals surface area (Å²) >= 11 is 0. The zero-order valence-corrected chi connectivity index (χ0v) is 11.6. The number of benzene rings is 1. The van der Waals surface area contributed by atoms with Gasteiger partial charge in [-0.1, -0.05) is 36.2 Å². The summed E-state index contributed by atoms with van der Waals surface area (Å²) in [6, 6.07) is 6.35. The minimum Gasteiger partial charge on any atom is -0.368 e. The van der Waals surface area contributed by atoms with Gasteiger partial charge in [0.05, 0.1) is 5.69 Å². The summed E-state index contributed by atoms with van der Waals surface area (Å²) in [7, 11) is 0. The Hall–Kier alpha value is -2.23. The van der Waals surface area contributed by atoms with Gasteiger partial charge in [0.15, 0.2) is 5.82 Å². The Labute approximate surface area is 113 Å². The maximum atomic E-state index is 5.71. The van der Waals surface area contributed by atoms with Crippen LogP contribution in [0.2, 0.25) is 0 Å². The van der Waals surface area contributed by atoms with Crippen molar-refractivity contribution >= 4 is 18.5 Å². The molecular formula is C15H18N4. The second kappa shape index (κ2) is 5.18. The molecular weight excluding hydrogens is 236 g/mol. The molecule has 0 unspecified atom stereocenters. The average molecular weight is 254 g/mol. The Morgan fingerprint density at radius 2 is 1.79 bits per heavy atom. The zero-order valence-electron chi connectivity index (χ0n) is 11.6. The number of nitrogen functional groups attached to an aromatic ring is 1. The van der Waals surface area contributed by atoms with Crippen LogP contribution in [0.1, 0.15) is 23.7 Å². The first-order valence-electron chi connectivity index (χ1n) is 6.27. The van der Waals surface area contributed by atoms with Crippen LogP contribution in [0.5, 0.6) is 0 Å². The van der Waals surface area contributed by atoms with Crippen LogP contribution in [0.25, 0.3) is 11.1 Å². The molecule has 0 saturated carbocycles. The van der Waals surface area contributed by atoms with Crippen LogP contribution < -0.4 is 5.73 Å². The first-order valence-corrected chi connectivity index (χ1v) is 6.27. The number of nitrogens with zero attached hydrogens (tertiary/aromatic N) is 3. The average Bonchev–Trinajstić information content (AvgIpc) is 2.36. The van der Waals surface area contributed by atoms with E-state index in [1.54, 1.807) is 0 Å². The first-order chi connectivity index (χ1) is 9.05. The second-order valence-electron chi connectivity index (χ2n) is 4.62. The summed E-state index contributed by atoms with van der Waals surface area (Å²) < 4.78 is 0. The Balaban J connectivity index is 2.75. The van der Waals surface area contributed by atoms with E-state index in [1.165, 1.54) is 11.1 Å². The fourth-order valence-electron chi connectivity index (χ4n) is 2.30. The summed E-state index contributed by atoms with van der Waals surface area (Å²) in [5, 5.41) is 0. The van der Waals surface area contributed by atoms with E-state index in [0.717, 1.165) is 23.2 Å². The van der Waals surface area contributed by atoms with E-state index in [9.17, 15) is 0 Å². The quantitative estimate of drug-likeness (QED) is 0.855. The Kier molecular flexibility index (Phi) is 3.60. The number of nitrogens with two attached hydrogens (primary N) is 1. The summed E-state index contributed by atoms with van der Waals surface area (Å²) in [6.07, 6.45) is 0.775. The van der Waals surface area contributed by atoms with Gasteiger partial charge < -0.3 is 5.73 Å². The van der Waals surface area contributed by atoms with Gasteiger partial charge in [0, 0.05) is 5.56 Å². The molecule has 4 heteroatoms. The van der Waals surface area contributed by atoms with Gasteiger partial charge in [0.2, 0.25) is 5.95 Å². The van der Waals surface area contributed by atoms with E-state index < -0.39 is 0 Å². The molecule has 0 aliphatic rings. The maximum absolute atomic E-state index is 5.71. The first kappa shape index (κ1) is 13.2. The number of hydrogen-bond acceptors (Lipinski definition) is 4. The molecule has 2 N–H and O–H groups in total. The standard InChI is InChI=1S/C15H18N4/c1-5-12-13(14(17-4)19-15(16)18-12)11-7-9(2)6-10(3)8-11/h6-8H,4-5H2,1-3H3,(H2,16,18,19). The summed E-state index contributed by atoms with van der Waals surface area (Å²) in [5.41, 5.74) is 11.0. The lowest BCUT2D eigenvalue weighted by atomic mass is 9.99. The van der Waals surface area contributed by atoms with E-state index in [-0.39, 0.29) is 5.95 Å². The van der Waals surface area contributed by atoms with Crippen molar-refractivity contribution in [2.75, 3.05) is 5.73 Å². The van der Waals surface area contributed by atoms with E-state index in [4.69, 9.17) is 5.73 Å². The number of aromatic nitrogens is 2. The molecule has 2 rings (SSSR count). The van der Waals surface area contributed by atoms with E-state index in [2.05, 4.69) is 53.7 Å². The molecule has 1 heterocycles. The summed E-state index contributed by atoms with van der Waals surface area (Å²) in [4.78, 5) is 12.5. The molecule has 4 nitrogen and oxygen atoms in total. The van der Waals surface area contributed by atoms with Crippen LogP contribution in [0.3, 0.4) is 0 Å². The second-order valence-corrected chi connectivity index (χ2v) is 4.62. The van der Waals surface area contributed by atoms with Crippen molar-refractivity contribution in [2.24, 2.45) is 4.99 Å². The molecule has 1 aromatic heterocycles. The van der Waals surface area contributed by atoms with Gasteiger partial charge in [0.1, 0.15) is 0 Å². The van der Waals surface area contributed by atoms with Gasteiger partial charge in [0.25, 0.3) is 0 Å². The highest BCUT2D eigenvalue weighted by molar-refractivity contribution is 5.78. The molecule has 0 aliphatic carbocycles. The molecule has 0 amide bonds. The van der Waals surface area contributed by atoms with Gasteiger partial charge in [-0.05, 0) is 32.5 Å². The fourth-order valence-corrected chi connectivity index (χ4v) is 2.30. The maximum Gasteiger partial charge on any atom is 0.222 e. The van der Waals surface area contributed by atoms with Gasteiger partial charge >= 0.3 is 0 Å². The van der Waals surface area contributed by atoms with Crippen molar-refractivity contribution in [3.8, 4) is 11.1 Å². The number of anilines is 1. The Morgan fingerprint density at radius 3 is 2.32 bits per heavy atom. The van der Waals surface area contributed by atoms with Crippen molar-refractivity contribution in [1.29, 1.82) is 0 Å². The molecule has 0 aliphatic heterocycles. The van der Waals surface area contributed by atoms with Crippen LogP contribution in [0, 0.1) is 13.8 Å². The SMILES string of the molecule is C=Nc1nc(N)nc(CC)c1-c1cc(C)cc(C)c1. The van der Waals surface area contributed by atoms with Crippen LogP contribution in [0.4, 0.5) is 11.8 Å². The molecule has 0 radical (unpaired) electrons. The zero-order chi connectivity index (χ0) is 14.0. The topological polar surface area (TPSA) is 64.2 Å². The summed E-state index contributed by atoms with van der Waals surface area (Å²) in [5.74, 6) is 0.793. The third-order valence-electron chi connectivity index (χ3n) is 2.98. The minimum atomic E-state index is 0.243. The van der Waals surface area contributed by atoms with Gasteiger partial charge in [-0.3, -0.25) is 0 Å². The van der Waals surface area contributed by atoms with Gasteiger partial charge in [-0.25, -0.2) is 9.98 Å². The van der Waals surface area contributed by atoms with Crippen molar-refractivity contribution in [3.63, 3.8) is 0 Å². The minimum absolute atomic E-state index is 0.243. The summed E-state index contributed by atoms with van der Waals surface area (Å²) in [6.45, 7) is 9.77. The third kappa shape index (κ3) is 2.62.